The molecule has 7 nitrogen and oxygen atoms in total. The van der Waals surface area contributed by atoms with Gasteiger partial charge in [0.25, 0.3) is 0 Å². The van der Waals surface area contributed by atoms with Crippen LogP contribution in [0.25, 0.3) is 0 Å². The van der Waals surface area contributed by atoms with Crippen LogP contribution in [-0.4, -0.2) is 71.5 Å². The zero-order chi connectivity index (χ0) is 18.4. The molecule has 0 saturated carbocycles. The van der Waals surface area contributed by atoms with E-state index in [0.29, 0.717) is 6.61 Å². The monoisotopic (exact) mass is 356 g/mol. The van der Waals surface area contributed by atoms with Crippen LogP contribution in [0.1, 0.15) is 24.0 Å². The zero-order valence-corrected chi connectivity index (χ0v) is 14.7. The number of unbranched alkanes of at least 4 members (excludes halogenated alkanes) is 1. The molecule has 1 aliphatic heterocycles. The standard InChI is InChI=1S/C18H28O7/c1-11-7-12(9-13(8-11)23-2)5-3-4-6-24-18-17(22)16(21)15(20)14(10-19)25-18/h7-9,14-22H,3-6,10H2,1-2H3. The summed E-state index contributed by atoms with van der Waals surface area (Å²) < 4.78 is 16.0. The third kappa shape index (κ3) is 5.37. The molecule has 5 atom stereocenters. The molecule has 0 bridgehead atoms. The Balaban J connectivity index is 1.74. The molecule has 1 aromatic carbocycles. The number of rotatable bonds is 8. The molecule has 7 heteroatoms. The van der Waals surface area contributed by atoms with E-state index >= 15 is 0 Å². The summed E-state index contributed by atoms with van der Waals surface area (Å²) >= 11 is 0. The van der Waals surface area contributed by atoms with Gasteiger partial charge in [-0.05, 0) is 49.4 Å². The van der Waals surface area contributed by atoms with Crippen LogP contribution in [0.3, 0.4) is 0 Å². The van der Waals surface area contributed by atoms with Crippen LogP contribution in [0.5, 0.6) is 5.75 Å². The van der Waals surface area contributed by atoms with Crippen molar-refractivity contribution in [2.45, 2.75) is 56.9 Å². The van der Waals surface area contributed by atoms with E-state index in [2.05, 4.69) is 6.07 Å². The Morgan fingerprint density at radius 3 is 2.48 bits per heavy atom. The summed E-state index contributed by atoms with van der Waals surface area (Å²) in [5.74, 6) is 0.840. The lowest BCUT2D eigenvalue weighted by atomic mass is 9.99. The molecule has 0 amide bonds. The molecule has 1 aliphatic rings. The van der Waals surface area contributed by atoms with Gasteiger partial charge in [0.1, 0.15) is 30.2 Å². The third-order valence-electron chi connectivity index (χ3n) is 4.34. The Hall–Kier alpha value is -1.22. The first-order chi connectivity index (χ1) is 12.0. The van der Waals surface area contributed by atoms with Crippen molar-refractivity contribution in [2.24, 2.45) is 0 Å². The van der Waals surface area contributed by atoms with Crippen LogP contribution in [0.4, 0.5) is 0 Å². The van der Waals surface area contributed by atoms with Gasteiger partial charge in [-0.3, -0.25) is 0 Å². The fourth-order valence-electron chi connectivity index (χ4n) is 2.92. The lowest BCUT2D eigenvalue weighted by Gasteiger charge is -2.39. The minimum absolute atomic E-state index is 0.339. The van der Waals surface area contributed by atoms with E-state index in [1.807, 2.05) is 19.1 Å². The second kappa shape index (κ2) is 9.47. The molecule has 5 unspecified atom stereocenters. The van der Waals surface area contributed by atoms with Gasteiger partial charge in [0.05, 0.1) is 13.7 Å². The molecule has 2 rings (SSSR count). The summed E-state index contributed by atoms with van der Waals surface area (Å²) in [6.45, 7) is 1.90. The van der Waals surface area contributed by atoms with Gasteiger partial charge < -0.3 is 34.6 Å². The van der Waals surface area contributed by atoms with Crippen LogP contribution in [0.2, 0.25) is 0 Å². The number of aryl methyl sites for hydroxylation is 2. The molecule has 1 aromatic rings. The van der Waals surface area contributed by atoms with E-state index in [1.165, 1.54) is 5.56 Å². The van der Waals surface area contributed by atoms with Crippen molar-refractivity contribution in [3.8, 4) is 5.75 Å². The van der Waals surface area contributed by atoms with Gasteiger partial charge >= 0.3 is 0 Å². The normalized spacial score (nSPS) is 29.6. The van der Waals surface area contributed by atoms with Gasteiger partial charge in [0, 0.05) is 6.61 Å². The summed E-state index contributed by atoms with van der Waals surface area (Å²) in [5, 5.41) is 38.5. The van der Waals surface area contributed by atoms with Crippen molar-refractivity contribution in [1.29, 1.82) is 0 Å². The van der Waals surface area contributed by atoms with E-state index in [-0.39, 0.29) is 0 Å². The molecule has 4 N–H and O–H groups in total. The molecule has 142 valence electrons. The highest BCUT2D eigenvalue weighted by Gasteiger charge is 2.43. The number of benzene rings is 1. The van der Waals surface area contributed by atoms with Gasteiger partial charge in [0.2, 0.25) is 0 Å². The van der Waals surface area contributed by atoms with E-state index in [0.717, 1.165) is 30.6 Å². The van der Waals surface area contributed by atoms with Crippen molar-refractivity contribution in [3.05, 3.63) is 29.3 Å². The summed E-state index contributed by atoms with van der Waals surface area (Å²) in [5.41, 5.74) is 2.33. The van der Waals surface area contributed by atoms with Crippen LogP contribution in [-0.2, 0) is 15.9 Å². The first kappa shape index (κ1) is 20.1. The number of ether oxygens (including phenoxy) is 3. The zero-order valence-electron chi connectivity index (χ0n) is 14.7. The molecule has 0 spiro atoms. The van der Waals surface area contributed by atoms with Crippen LogP contribution < -0.4 is 4.74 Å². The highest BCUT2D eigenvalue weighted by Crippen LogP contribution is 2.22. The Morgan fingerprint density at radius 1 is 1.04 bits per heavy atom. The van der Waals surface area contributed by atoms with Crippen molar-refractivity contribution in [3.63, 3.8) is 0 Å². The molecule has 0 radical (unpaired) electrons. The smallest absolute Gasteiger partial charge is 0.186 e. The average Bonchev–Trinajstić information content (AvgIpc) is 2.60. The van der Waals surface area contributed by atoms with Crippen LogP contribution >= 0.6 is 0 Å². The molecular weight excluding hydrogens is 328 g/mol. The largest absolute Gasteiger partial charge is 0.497 e. The Bertz CT molecular complexity index is 534. The van der Waals surface area contributed by atoms with Gasteiger partial charge in [0.15, 0.2) is 6.29 Å². The maximum absolute atomic E-state index is 9.89. The Morgan fingerprint density at radius 2 is 1.80 bits per heavy atom. The van der Waals surface area contributed by atoms with E-state index in [1.54, 1.807) is 7.11 Å². The van der Waals surface area contributed by atoms with Gasteiger partial charge in [-0.2, -0.15) is 0 Å². The highest BCUT2D eigenvalue weighted by atomic mass is 16.7. The quantitative estimate of drug-likeness (QED) is 0.491. The number of aliphatic hydroxyl groups is 4. The average molecular weight is 356 g/mol. The minimum atomic E-state index is -1.41. The van der Waals surface area contributed by atoms with Gasteiger partial charge in [-0.1, -0.05) is 6.07 Å². The van der Waals surface area contributed by atoms with Crippen molar-refractivity contribution in [1.82, 2.24) is 0 Å². The Kier molecular flexibility index (Phi) is 7.61. The topological polar surface area (TPSA) is 109 Å². The lowest BCUT2D eigenvalue weighted by molar-refractivity contribution is -0.301. The summed E-state index contributed by atoms with van der Waals surface area (Å²) in [7, 11) is 1.65. The van der Waals surface area contributed by atoms with Crippen molar-refractivity contribution >= 4 is 0 Å². The first-order valence-corrected chi connectivity index (χ1v) is 8.53. The predicted molar refractivity (Wildman–Crippen MR) is 90.4 cm³/mol. The minimum Gasteiger partial charge on any atom is -0.497 e. The van der Waals surface area contributed by atoms with E-state index in [4.69, 9.17) is 19.3 Å². The van der Waals surface area contributed by atoms with Gasteiger partial charge in [-0.15, -0.1) is 0 Å². The molecule has 1 saturated heterocycles. The molecule has 1 fully saturated rings. The van der Waals surface area contributed by atoms with Gasteiger partial charge in [-0.25, -0.2) is 0 Å². The predicted octanol–water partition coefficient (Wildman–Crippen LogP) is 0.143. The number of hydrogen-bond acceptors (Lipinski definition) is 7. The summed E-state index contributed by atoms with van der Waals surface area (Å²) in [6, 6.07) is 6.10. The number of aliphatic hydroxyl groups excluding tert-OH is 4. The number of hydrogen-bond donors (Lipinski definition) is 4. The van der Waals surface area contributed by atoms with Crippen LogP contribution in [0.15, 0.2) is 18.2 Å². The SMILES string of the molecule is COc1cc(C)cc(CCCCOC2OC(CO)C(O)C(O)C2O)c1. The maximum atomic E-state index is 9.89. The van der Waals surface area contributed by atoms with Crippen molar-refractivity contribution < 1.29 is 34.6 Å². The maximum Gasteiger partial charge on any atom is 0.186 e. The lowest BCUT2D eigenvalue weighted by Crippen LogP contribution is -2.59. The molecule has 0 aliphatic carbocycles. The van der Waals surface area contributed by atoms with Crippen molar-refractivity contribution in [2.75, 3.05) is 20.3 Å². The molecule has 1 heterocycles. The third-order valence-corrected chi connectivity index (χ3v) is 4.34. The molecule has 0 aromatic heterocycles. The van der Waals surface area contributed by atoms with E-state index < -0.39 is 37.3 Å². The number of methoxy groups -OCH3 is 1. The summed E-state index contributed by atoms with van der Waals surface area (Å²) in [4.78, 5) is 0. The fourth-order valence-corrected chi connectivity index (χ4v) is 2.92. The summed E-state index contributed by atoms with van der Waals surface area (Å²) in [6.07, 6.45) is -3.63. The Labute approximate surface area is 147 Å². The molecular formula is C18H28O7. The van der Waals surface area contributed by atoms with Crippen LogP contribution in [0, 0.1) is 6.92 Å². The first-order valence-electron chi connectivity index (χ1n) is 8.53. The fraction of sp³-hybridized carbons (Fsp3) is 0.667. The highest BCUT2D eigenvalue weighted by molar-refractivity contribution is 5.33. The second-order valence-corrected chi connectivity index (χ2v) is 6.38. The van der Waals surface area contributed by atoms with E-state index in [9.17, 15) is 15.3 Å². The second-order valence-electron chi connectivity index (χ2n) is 6.38. The molecule has 25 heavy (non-hydrogen) atoms.